The maximum absolute atomic E-state index is 13.8. The molecule has 0 atom stereocenters. The Labute approximate surface area is 136 Å². The molecule has 0 unspecified atom stereocenters. The van der Waals surface area contributed by atoms with Crippen LogP contribution in [0.1, 0.15) is 11.1 Å². The molecule has 4 nitrogen and oxygen atoms in total. The molecule has 1 aromatic carbocycles. The molecule has 2 rings (SSSR count). The number of allylic oxidation sites excluding steroid dienone is 4. The van der Waals surface area contributed by atoms with Gasteiger partial charge < -0.3 is 14.6 Å². The Kier molecular flexibility index (Phi) is 4.61. The molecule has 0 saturated heterocycles. The molecule has 0 saturated carbocycles. The van der Waals surface area contributed by atoms with Gasteiger partial charge in [-0.15, -0.1) is 0 Å². The zero-order valence-corrected chi connectivity index (χ0v) is 13.1. The molecule has 23 heavy (non-hydrogen) atoms. The van der Waals surface area contributed by atoms with Crippen LogP contribution in [0.25, 0.3) is 11.0 Å². The highest BCUT2D eigenvalue weighted by Crippen LogP contribution is 2.33. The largest absolute Gasteiger partial charge is 0.508 e. The highest BCUT2D eigenvalue weighted by atomic mass is 35.5. The average Bonchev–Trinajstić information content (AvgIpc) is 2.44. The van der Waals surface area contributed by atoms with Crippen LogP contribution in [0.5, 0.6) is 11.5 Å². The molecule has 120 valence electrons. The third-order valence-corrected chi connectivity index (χ3v) is 3.72. The Morgan fingerprint density at radius 2 is 2.09 bits per heavy atom. The number of benzene rings is 1. The van der Waals surface area contributed by atoms with Gasteiger partial charge in [0, 0.05) is 34.7 Å². The summed E-state index contributed by atoms with van der Waals surface area (Å²) in [6, 6.07) is 2.34. The van der Waals surface area contributed by atoms with Gasteiger partial charge >= 0.3 is 5.63 Å². The number of phenols is 2. The minimum Gasteiger partial charge on any atom is -0.508 e. The van der Waals surface area contributed by atoms with Crippen LogP contribution in [-0.2, 0) is 6.42 Å². The van der Waals surface area contributed by atoms with E-state index >= 15 is 0 Å². The van der Waals surface area contributed by atoms with E-state index in [4.69, 9.17) is 16.0 Å². The summed E-state index contributed by atoms with van der Waals surface area (Å²) in [5.74, 6) is -1.18. The molecule has 0 aliphatic heterocycles. The summed E-state index contributed by atoms with van der Waals surface area (Å²) in [6.45, 7) is 8.39. The summed E-state index contributed by atoms with van der Waals surface area (Å²) in [5, 5.41) is 19.6. The lowest BCUT2D eigenvalue weighted by Gasteiger charge is -2.11. The number of rotatable bonds is 4. The summed E-state index contributed by atoms with van der Waals surface area (Å²) in [4.78, 5) is 12.2. The third-order valence-electron chi connectivity index (χ3n) is 3.49. The first-order valence-electron chi connectivity index (χ1n) is 6.60. The highest BCUT2D eigenvalue weighted by molar-refractivity contribution is 6.31. The summed E-state index contributed by atoms with van der Waals surface area (Å²) in [5.41, 5.74) is -0.136. The van der Waals surface area contributed by atoms with Crippen LogP contribution in [0, 0.1) is 6.92 Å². The molecule has 1 aromatic heterocycles. The molecule has 0 bridgehead atoms. The van der Waals surface area contributed by atoms with Gasteiger partial charge in [0.05, 0.1) is 5.39 Å². The number of phenolic OH excluding ortho intramolecular Hbond substituents is 2. The van der Waals surface area contributed by atoms with E-state index in [1.807, 2.05) is 0 Å². The predicted molar refractivity (Wildman–Crippen MR) is 87.6 cm³/mol. The van der Waals surface area contributed by atoms with Gasteiger partial charge in [-0.2, -0.15) is 0 Å². The Bertz CT molecular complexity index is 909. The van der Waals surface area contributed by atoms with Crippen LogP contribution in [0.3, 0.4) is 0 Å². The maximum Gasteiger partial charge on any atom is 0.340 e. The SMILES string of the molecule is C=CC(F)=C(Cc1c(C)c2c(O)cc(O)cc2oc1=O)C(=C)Cl. The molecule has 0 amide bonds. The van der Waals surface area contributed by atoms with Crippen molar-refractivity contribution in [1.29, 1.82) is 0 Å². The van der Waals surface area contributed by atoms with Gasteiger partial charge in [0.15, 0.2) is 0 Å². The van der Waals surface area contributed by atoms with Crippen LogP contribution in [0.15, 0.2) is 57.0 Å². The quantitative estimate of drug-likeness (QED) is 0.648. The highest BCUT2D eigenvalue weighted by Gasteiger charge is 2.18. The van der Waals surface area contributed by atoms with E-state index in [9.17, 15) is 19.4 Å². The topological polar surface area (TPSA) is 70.7 Å². The molecule has 0 radical (unpaired) electrons. The Balaban J connectivity index is 2.74. The van der Waals surface area contributed by atoms with Crippen molar-refractivity contribution in [2.75, 3.05) is 0 Å². The van der Waals surface area contributed by atoms with E-state index in [0.717, 1.165) is 12.1 Å². The molecular formula is C17H14ClFO4. The smallest absolute Gasteiger partial charge is 0.340 e. The zero-order chi connectivity index (χ0) is 17.3. The first-order chi connectivity index (χ1) is 10.8. The fraction of sp³-hybridized carbons (Fsp3) is 0.118. The van der Waals surface area contributed by atoms with Crippen molar-refractivity contribution in [2.45, 2.75) is 13.3 Å². The van der Waals surface area contributed by atoms with Gasteiger partial charge in [-0.05, 0) is 18.6 Å². The molecule has 0 aliphatic rings. The second kappa shape index (κ2) is 6.30. The minimum absolute atomic E-state index is 0.00897. The van der Waals surface area contributed by atoms with Crippen LogP contribution in [-0.4, -0.2) is 10.2 Å². The second-order valence-corrected chi connectivity index (χ2v) is 5.40. The zero-order valence-electron chi connectivity index (χ0n) is 12.3. The lowest BCUT2D eigenvalue weighted by Crippen LogP contribution is -2.12. The van der Waals surface area contributed by atoms with E-state index < -0.39 is 11.5 Å². The number of aromatic hydroxyl groups is 2. The summed E-state index contributed by atoms with van der Waals surface area (Å²) in [7, 11) is 0. The minimum atomic E-state index is -0.715. The van der Waals surface area contributed by atoms with Crippen LogP contribution in [0.4, 0.5) is 4.39 Å². The van der Waals surface area contributed by atoms with Crippen molar-refractivity contribution in [3.63, 3.8) is 0 Å². The van der Waals surface area contributed by atoms with E-state index in [1.54, 1.807) is 6.92 Å². The van der Waals surface area contributed by atoms with E-state index in [0.29, 0.717) is 5.56 Å². The summed E-state index contributed by atoms with van der Waals surface area (Å²) >= 11 is 5.79. The van der Waals surface area contributed by atoms with Gasteiger partial charge in [-0.3, -0.25) is 0 Å². The van der Waals surface area contributed by atoms with Crippen molar-refractivity contribution in [3.8, 4) is 11.5 Å². The lowest BCUT2D eigenvalue weighted by molar-refractivity contribution is 0.450. The standard InChI is InChI=1S/C17H14ClFO4/c1-4-13(19)12(9(3)18)7-11-8(2)16-14(21)5-10(20)6-15(16)23-17(11)22/h4-6,20-21H,1,3,7H2,2H3. The van der Waals surface area contributed by atoms with E-state index in [1.165, 1.54) is 6.07 Å². The molecule has 0 spiro atoms. The van der Waals surface area contributed by atoms with Crippen LogP contribution >= 0.6 is 11.6 Å². The van der Waals surface area contributed by atoms with Crippen molar-refractivity contribution in [2.24, 2.45) is 0 Å². The van der Waals surface area contributed by atoms with Crippen LogP contribution < -0.4 is 5.63 Å². The number of halogens is 2. The third kappa shape index (κ3) is 3.14. The molecule has 0 aliphatic carbocycles. The molecule has 2 N–H and O–H groups in total. The van der Waals surface area contributed by atoms with Crippen molar-refractivity contribution in [1.82, 2.24) is 0 Å². The first-order valence-corrected chi connectivity index (χ1v) is 6.98. The van der Waals surface area contributed by atoms with Crippen molar-refractivity contribution >= 4 is 22.6 Å². The number of fused-ring (bicyclic) bond motifs is 1. The molecular weight excluding hydrogens is 323 g/mol. The molecule has 6 heteroatoms. The Morgan fingerprint density at radius 3 is 2.65 bits per heavy atom. The maximum atomic E-state index is 13.8. The summed E-state index contributed by atoms with van der Waals surface area (Å²) in [6.07, 6.45) is 0.807. The Morgan fingerprint density at radius 1 is 1.43 bits per heavy atom. The van der Waals surface area contributed by atoms with Gasteiger partial charge in [0.1, 0.15) is 22.9 Å². The normalized spacial score (nSPS) is 12.1. The number of hydrogen-bond donors (Lipinski definition) is 2. The van der Waals surface area contributed by atoms with Crippen molar-refractivity contribution in [3.05, 3.63) is 69.3 Å². The summed E-state index contributed by atoms with van der Waals surface area (Å²) < 4.78 is 19.0. The molecule has 2 aromatic rings. The van der Waals surface area contributed by atoms with Gasteiger partial charge in [0.2, 0.25) is 0 Å². The molecule has 1 heterocycles. The number of hydrogen-bond acceptors (Lipinski definition) is 4. The van der Waals surface area contributed by atoms with E-state index in [2.05, 4.69) is 13.2 Å². The van der Waals surface area contributed by atoms with Crippen LogP contribution in [0.2, 0.25) is 0 Å². The van der Waals surface area contributed by atoms with Crippen molar-refractivity contribution < 1.29 is 19.0 Å². The molecule has 0 fully saturated rings. The monoisotopic (exact) mass is 336 g/mol. The fourth-order valence-electron chi connectivity index (χ4n) is 2.32. The second-order valence-electron chi connectivity index (χ2n) is 4.94. The van der Waals surface area contributed by atoms with E-state index in [-0.39, 0.29) is 45.1 Å². The van der Waals surface area contributed by atoms with Gasteiger partial charge in [-0.25, -0.2) is 9.18 Å². The first kappa shape index (κ1) is 16.8. The fourth-order valence-corrected chi connectivity index (χ4v) is 2.48. The lowest BCUT2D eigenvalue weighted by atomic mass is 9.98. The predicted octanol–water partition coefficient (Wildman–Crippen LogP) is 4.22. The number of aryl methyl sites for hydroxylation is 1. The van der Waals surface area contributed by atoms with Gasteiger partial charge in [-0.1, -0.05) is 24.8 Å². The average molecular weight is 337 g/mol. The Hall–Kier alpha value is -2.53. The van der Waals surface area contributed by atoms with Gasteiger partial charge in [0.25, 0.3) is 0 Å².